The van der Waals surface area contributed by atoms with Crippen molar-refractivity contribution < 1.29 is 9.59 Å². The number of carbonyl (C=O) groups excluding carboxylic acids is 2. The summed E-state index contributed by atoms with van der Waals surface area (Å²) < 4.78 is 0. The first-order valence-corrected chi connectivity index (χ1v) is 10.9. The molecular formula is C22H27N3O2S. The van der Waals surface area contributed by atoms with Crippen molar-refractivity contribution in [2.45, 2.75) is 39.0 Å². The summed E-state index contributed by atoms with van der Waals surface area (Å²) in [6.07, 6.45) is 2.59. The number of nitrogens with one attached hydrogen (secondary N) is 3. The van der Waals surface area contributed by atoms with Gasteiger partial charge in [-0.05, 0) is 54.2 Å². The SMILES string of the molecule is CSCCC(NC(=O)c1cccc(C)c1)C(=O)NCc1ccc2c(c1)CNC2. The molecule has 3 N–H and O–H groups in total. The van der Waals surface area contributed by atoms with Gasteiger partial charge in [-0.25, -0.2) is 0 Å². The van der Waals surface area contributed by atoms with Gasteiger partial charge in [0.2, 0.25) is 5.91 Å². The van der Waals surface area contributed by atoms with E-state index in [-0.39, 0.29) is 11.8 Å². The van der Waals surface area contributed by atoms with Crippen LogP contribution in [0, 0.1) is 6.92 Å². The predicted molar refractivity (Wildman–Crippen MR) is 114 cm³/mol. The average molecular weight is 398 g/mol. The van der Waals surface area contributed by atoms with Gasteiger partial charge in [0.1, 0.15) is 6.04 Å². The van der Waals surface area contributed by atoms with Crippen LogP contribution >= 0.6 is 11.8 Å². The van der Waals surface area contributed by atoms with Crippen LogP contribution in [0.15, 0.2) is 42.5 Å². The number of thioether (sulfide) groups is 1. The van der Waals surface area contributed by atoms with Crippen LogP contribution in [0.4, 0.5) is 0 Å². The molecule has 3 rings (SSSR count). The Morgan fingerprint density at radius 1 is 1.14 bits per heavy atom. The zero-order valence-corrected chi connectivity index (χ0v) is 17.2. The van der Waals surface area contributed by atoms with Crippen molar-refractivity contribution in [3.63, 3.8) is 0 Å². The molecule has 148 valence electrons. The number of hydrogen-bond acceptors (Lipinski definition) is 4. The molecule has 0 radical (unpaired) electrons. The van der Waals surface area contributed by atoms with Crippen LogP contribution in [0.1, 0.15) is 39.0 Å². The van der Waals surface area contributed by atoms with Crippen LogP contribution in [0.5, 0.6) is 0 Å². The van der Waals surface area contributed by atoms with E-state index in [1.165, 1.54) is 11.1 Å². The zero-order valence-electron chi connectivity index (χ0n) is 16.4. The molecule has 1 aliphatic heterocycles. The van der Waals surface area contributed by atoms with E-state index in [0.29, 0.717) is 18.5 Å². The molecule has 5 nitrogen and oxygen atoms in total. The second-order valence-electron chi connectivity index (χ2n) is 7.10. The van der Waals surface area contributed by atoms with Crippen LogP contribution in [-0.4, -0.2) is 29.9 Å². The lowest BCUT2D eigenvalue weighted by Crippen LogP contribution is -2.46. The molecule has 6 heteroatoms. The molecule has 1 unspecified atom stereocenters. The van der Waals surface area contributed by atoms with Gasteiger partial charge in [-0.15, -0.1) is 0 Å². The Kier molecular flexibility index (Phi) is 7.12. The number of aryl methyl sites for hydroxylation is 1. The Labute approximate surface area is 170 Å². The largest absolute Gasteiger partial charge is 0.350 e. The molecule has 0 aromatic heterocycles. The molecule has 0 spiro atoms. The smallest absolute Gasteiger partial charge is 0.251 e. The monoisotopic (exact) mass is 397 g/mol. The average Bonchev–Trinajstić information content (AvgIpc) is 3.17. The summed E-state index contributed by atoms with van der Waals surface area (Å²) in [7, 11) is 0. The second kappa shape index (κ2) is 9.75. The lowest BCUT2D eigenvalue weighted by Gasteiger charge is -2.18. The Hall–Kier alpha value is -2.31. The molecule has 0 fully saturated rings. The third-order valence-corrected chi connectivity index (χ3v) is 5.52. The van der Waals surface area contributed by atoms with Gasteiger partial charge < -0.3 is 16.0 Å². The summed E-state index contributed by atoms with van der Waals surface area (Å²) in [6.45, 7) is 4.19. The Morgan fingerprint density at radius 2 is 1.96 bits per heavy atom. The molecular weight excluding hydrogens is 370 g/mol. The minimum absolute atomic E-state index is 0.145. The first kappa shape index (κ1) is 20.4. The predicted octanol–water partition coefficient (Wildman–Crippen LogP) is 2.77. The molecule has 1 aliphatic rings. The van der Waals surface area contributed by atoms with E-state index in [2.05, 4.69) is 28.1 Å². The molecule has 0 aliphatic carbocycles. The van der Waals surface area contributed by atoms with Gasteiger partial charge in [0.05, 0.1) is 0 Å². The molecule has 1 heterocycles. The number of fused-ring (bicyclic) bond motifs is 1. The summed E-state index contributed by atoms with van der Waals surface area (Å²) in [5, 5.41) is 9.21. The third kappa shape index (κ3) is 5.36. The highest BCUT2D eigenvalue weighted by Crippen LogP contribution is 2.17. The molecule has 1 atom stereocenters. The fourth-order valence-electron chi connectivity index (χ4n) is 3.30. The van der Waals surface area contributed by atoms with E-state index in [9.17, 15) is 9.59 Å². The molecule has 2 aromatic rings. The first-order chi connectivity index (χ1) is 13.6. The van der Waals surface area contributed by atoms with Gasteiger partial charge in [0, 0.05) is 25.2 Å². The van der Waals surface area contributed by atoms with Gasteiger partial charge >= 0.3 is 0 Å². The normalized spacial score (nSPS) is 13.6. The molecule has 28 heavy (non-hydrogen) atoms. The zero-order chi connectivity index (χ0) is 19.9. The molecule has 0 bridgehead atoms. The molecule has 0 saturated heterocycles. The minimum atomic E-state index is -0.545. The topological polar surface area (TPSA) is 70.2 Å². The maximum atomic E-state index is 12.7. The van der Waals surface area contributed by atoms with Crippen molar-refractivity contribution >= 4 is 23.6 Å². The highest BCUT2D eigenvalue weighted by atomic mass is 32.2. The van der Waals surface area contributed by atoms with E-state index in [1.807, 2.05) is 37.4 Å². The maximum Gasteiger partial charge on any atom is 0.251 e. The third-order valence-electron chi connectivity index (χ3n) is 4.88. The lowest BCUT2D eigenvalue weighted by molar-refractivity contribution is -0.123. The van der Waals surface area contributed by atoms with Crippen molar-refractivity contribution in [2.75, 3.05) is 12.0 Å². The summed E-state index contributed by atoms with van der Waals surface area (Å²) in [6, 6.07) is 13.1. The highest BCUT2D eigenvalue weighted by Gasteiger charge is 2.21. The number of rotatable bonds is 8. The molecule has 0 saturated carbocycles. The van der Waals surface area contributed by atoms with Crippen molar-refractivity contribution in [2.24, 2.45) is 0 Å². The van der Waals surface area contributed by atoms with Gasteiger partial charge in [-0.3, -0.25) is 9.59 Å². The highest BCUT2D eigenvalue weighted by molar-refractivity contribution is 7.98. The molecule has 2 aromatic carbocycles. The van der Waals surface area contributed by atoms with E-state index in [4.69, 9.17) is 0 Å². The molecule has 2 amide bonds. The Morgan fingerprint density at radius 3 is 2.75 bits per heavy atom. The Bertz CT molecular complexity index is 853. The van der Waals surface area contributed by atoms with Gasteiger partial charge in [-0.2, -0.15) is 11.8 Å². The number of carbonyl (C=O) groups is 2. The lowest BCUT2D eigenvalue weighted by atomic mass is 10.1. The first-order valence-electron chi connectivity index (χ1n) is 9.52. The summed E-state index contributed by atoms with van der Waals surface area (Å²) in [5.41, 5.74) is 5.28. The van der Waals surface area contributed by atoms with Gasteiger partial charge in [-0.1, -0.05) is 35.9 Å². The van der Waals surface area contributed by atoms with Crippen LogP contribution in [0.2, 0.25) is 0 Å². The minimum Gasteiger partial charge on any atom is -0.350 e. The number of benzene rings is 2. The number of amides is 2. The van der Waals surface area contributed by atoms with Crippen LogP contribution < -0.4 is 16.0 Å². The Balaban J connectivity index is 1.61. The number of hydrogen-bond donors (Lipinski definition) is 3. The fraction of sp³-hybridized carbons (Fsp3) is 0.364. The summed E-state index contributed by atoms with van der Waals surface area (Å²) >= 11 is 1.66. The van der Waals surface area contributed by atoms with E-state index in [1.54, 1.807) is 17.8 Å². The summed E-state index contributed by atoms with van der Waals surface area (Å²) in [4.78, 5) is 25.3. The van der Waals surface area contributed by atoms with E-state index in [0.717, 1.165) is 30.0 Å². The summed E-state index contributed by atoms with van der Waals surface area (Å²) in [5.74, 6) is 0.443. The van der Waals surface area contributed by atoms with E-state index >= 15 is 0 Å². The van der Waals surface area contributed by atoms with Gasteiger partial charge in [0.25, 0.3) is 5.91 Å². The van der Waals surface area contributed by atoms with Crippen molar-refractivity contribution in [1.29, 1.82) is 0 Å². The van der Waals surface area contributed by atoms with Gasteiger partial charge in [0.15, 0.2) is 0 Å². The van der Waals surface area contributed by atoms with Crippen molar-refractivity contribution in [1.82, 2.24) is 16.0 Å². The van der Waals surface area contributed by atoms with Crippen molar-refractivity contribution in [3.8, 4) is 0 Å². The van der Waals surface area contributed by atoms with E-state index < -0.39 is 6.04 Å². The van der Waals surface area contributed by atoms with Crippen LogP contribution in [0.3, 0.4) is 0 Å². The van der Waals surface area contributed by atoms with Crippen LogP contribution in [-0.2, 0) is 24.4 Å². The standard InChI is InChI=1S/C22H27N3O2S/c1-15-4-3-5-17(10-15)21(26)25-20(8-9-28-2)22(27)24-12-16-6-7-18-13-23-14-19(18)11-16/h3-7,10-11,20,23H,8-9,12-14H2,1-2H3,(H,24,27)(H,25,26). The van der Waals surface area contributed by atoms with Crippen molar-refractivity contribution in [3.05, 3.63) is 70.3 Å². The second-order valence-corrected chi connectivity index (χ2v) is 8.09. The quantitative estimate of drug-likeness (QED) is 0.641. The maximum absolute atomic E-state index is 12.7. The fourth-order valence-corrected chi connectivity index (χ4v) is 3.77. The van der Waals surface area contributed by atoms with Crippen LogP contribution in [0.25, 0.3) is 0 Å².